The minimum absolute atomic E-state index is 0.171. The minimum Gasteiger partial charge on any atom is -0.445 e. The summed E-state index contributed by atoms with van der Waals surface area (Å²) in [6.45, 7) is 0.560. The predicted octanol–water partition coefficient (Wildman–Crippen LogP) is 3.98. The minimum atomic E-state index is -0.467. The maximum Gasteiger partial charge on any atom is 0.407 e. The number of amides is 1. The number of nitrogens with one attached hydrogen (secondary N) is 3. The fourth-order valence-corrected chi connectivity index (χ4v) is 3.83. The number of alkyl carbamates (subject to hydrolysis) is 1. The van der Waals surface area contributed by atoms with Gasteiger partial charge in [0.2, 0.25) is 0 Å². The number of imidazole rings is 1. The third kappa shape index (κ3) is 4.08. The average molecular weight is 441 g/mol. The number of H-pyrrole nitrogens is 1. The Labute approximate surface area is 189 Å². The van der Waals surface area contributed by atoms with Crippen molar-refractivity contribution in [3.8, 4) is 11.3 Å². The van der Waals surface area contributed by atoms with Gasteiger partial charge in [0.05, 0.1) is 11.8 Å². The highest BCUT2D eigenvalue weighted by molar-refractivity contribution is 6.07. The summed E-state index contributed by atoms with van der Waals surface area (Å²) >= 11 is 0. The van der Waals surface area contributed by atoms with Gasteiger partial charge < -0.3 is 24.9 Å². The van der Waals surface area contributed by atoms with E-state index in [0.29, 0.717) is 6.54 Å². The molecule has 1 aromatic carbocycles. The second kappa shape index (κ2) is 8.62. The number of hydrogen-bond donors (Lipinski definition) is 3. The van der Waals surface area contributed by atoms with Gasteiger partial charge in [-0.3, -0.25) is 4.98 Å². The van der Waals surface area contributed by atoms with Gasteiger partial charge in [-0.05, 0) is 41.0 Å². The molecule has 0 fully saturated rings. The Bertz CT molecular complexity index is 1440. The second-order valence-corrected chi connectivity index (χ2v) is 7.69. The molecule has 4 heterocycles. The van der Waals surface area contributed by atoms with E-state index in [1.165, 1.54) is 0 Å². The monoisotopic (exact) mass is 441 g/mol. The molecule has 0 spiro atoms. The van der Waals surface area contributed by atoms with Crippen LogP contribution in [0.4, 0.5) is 10.6 Å². The van der Waals surface area contributed by atoms with Gasteiger partial charge in [-0.25, -0.2) is 14.8 Å². The summed E-state index contributed by atoms with van der Waals surface area (Å²) in [6.07, 6.45) is 4.69. The van der Waals surface area contributed by atoms with Gasteiger partial charge >= 0.3 is 6.09 Å². The van der Waals surface area contributed by atoms with Crippen LogP contribution in [0.2, 0.25) is 0 Å². The van der Waals surface area contributed by atoms with Gasteiger partial charge in [-0.1, -0.05) is 18.2 Å². The summed E-state index contributed by atoms with van der Waals surface area (Å²) in [7, 11) is 3.81. The van der Waals surface area contributed by atoms with Crippen molar-refractivity contribution in [1.29, 1.82) is 0 Å². The fourth-order valence-electron chi connectivity index (χ4n) is 3.83. The molecule has 0 aliphatic rings. The molecular formula is C24H23N7O2. The van der Waals surface area contributed by atoms with E-state index in [-0.39, 0.29) is 6.61 Å². The summed E-state index contributed by atoms with van der Waals surface area (Å²) in [5.41, 5.74) is 6.38. The molecule has 0 bridgehead atoms. The molecule has 33 heavy (non-hydrogen) atoms. The van der Waals surface area contributed by atoms with Crippen molar-refractivity contribution in [1.82, 2.24) is 29.8 Å². The lowest BCUT2D eigenvalue weighted by Crippen LogP contribution is -2.23. The van der Waals surface area contributed by atoms with Crippen LogP contribution < -0.4 is 10.6 Å². The van der Waals surface area contributed by atoms with Crippen LogP contribution in [-0.2, 0) is 24.9 Å². The molecule has 1 amide bonds. The molecule has 0 saturated carbocycles. The zero-order valence-corrected chi connectivity index (χ0v) is 18.3. The van der Waals surface area contributed by atoms with Crippen molar-refractivity contribution in [2.45, 2.75) is 13.2 Å². The van der Waals surface area contributed by atoms with Crippen molar-refractivity contribution in [2.24, 2.45) is 7.05 Å². The van der Waals surface area contributed by atoms with E-state index in [2.05, 4.69) is 36.6 Å². The van der Waals surface area contributed by atoms with Crippen LogP contribution >= 0.6 is 0 Å². The first-order valence-corrected chi connectivity index (χ1v) is 10.5. The number of carbonyl (C=O) groups excluding carboxylic acids is 1. The molecule has 0 aliphatic heterocycles. The molecular weight excluding hydrogens is 418 g/mol. The van der Waals surface area contributed by atoms with E-state index < -0.39 is 6.09 Å². The Morgan fingerprint density at radius 1 is 1.15 bits per heavy atom. The SMILES string of the molecule is CNc1nc2[nH]c(-c3cccc(COC(=O)NCc4ccncc4)c3)cc2c2c1ncn2C. The van der Waals surface area contributed by atoms with Crippen LogP contribution in [0.1, 0.15) is 11.1 Å². The van der Waals surface area contributed by atoms with E-state index in [9.17, 15) is 4.79 Å². The number of ether oxygens (including phenoxy) is 1. The molecule has 5 aromatic rings. The van der Waals surface area contributed by atoms with Crippen LogP contribution in [0.5, 0.6) is 0 Å². The average Bonchev–Trinajstić information content (AvgIpc) is 3.45. The summed E-state index contributed by atoms with van der Waals surface area (Å²) in [5, 5.41) is 6.86. The first-order chi connectivity index (χ1) is 16.1. The van der Waals surface area contributed by atoms with Crippen LogP contribution in [-0.4, -0.2) is 37.6 Å². The number of carbonyl (C=O) groups is 1. The highest BCUT2D eigenvalue weighted by atomic mass is 16.5. The number of rotatable bonds is 6. The Morgan fingerprint density at radius 3 is 2.82 bits per heavy atom. The summed E-state index contributed by atoms with van der Waals surface area (Å²) in [4.78, 5) is 28.6. The van der Waals surface area contributed by atoms with Crippen molar-refractivity contribution in [2.75, 3.05) is 12.4 Å². The normalized spacial score (nSPS) is 11.1. The number of hydrogen-bond acceptors (Lipinski definition) is 6. The van der Waals surface area contributed by atoms with Crippen molar-refractivity contribution in [3.63, 3.8) is 0 Å². The Hall–Kier alpha value is -4.40. The first kappa shape index (κ1) is 20.5. The predicted molar refractivity (Wildman–Crippen MR) is 127 cm³/mol. The largest absolute Gasteiger partial charge is 0.445 e. The quantitative estimate of drug-likeness (QED) is 0.368. The third-order valence-electron chi connectivity index (χ3n) is 5.47. The van der Waals surface area contributed by atoms with Gasteiger partial charge in [0.1, 0.15) is 17.8 Å². The Kier molecular flexibility index (Phi) is 5.35. The smallest absolute Gasteiger partial charge is 0.407 e. The maximum absolute atomic E-state index is 12.1. The molecule has 0 radical (unpaired) electrons. The topological polar surface area (TPSA) is 110 Å². The number of fused-ring (bicyclic) bond motifs is 3. The molecule has 0 unspecified atom stereocenters. The summed E-state index contributed by atoms with van der Waals surface area (Å²) in [5.74, 6) is 0.728. The number of aryl methyl sites for hydroxylation is 1. The Balaban J connectivity index is 1.34. The van der Waals surface area contributed by atoms with E-state index in [4.69, 9.17) is 4.74 Å². The molecule has 5 rings (SSSR count). The zero-order valence-electron chi connectivity index (χ0n) is 18.3. The van der Waals surface area contributed by atoms with Gasteiger partial charge in [-0.2, -0.15) is 0 Å². The van der Waals surface area contributed by atoms with Crippen LogP contribution in [0, 0.1) is 0 Å². The van der Waals surface area contributed by atoms with Gasteiger partial charge in [0, 0.05) is 44.1 Å². The fraction of sp³-hybridized carbons (Fsp3) is 0.167. The van der Waals surface area contributed by atoms with Crippen LogP contribution in [0.15, 0.2) is 61.2 Å². The van der Waals surface area contributed by atoms with E-state index in [0.717, 1.165) is 50.3 Å². The summed E-state index contributed by atoms with van der Waals surface area (Å²) < 4.78 is 7.38. The van der Waals surface area contributed by atoms with E-state index in [1.54, 1.807) is 18.7 Å². The van der Waals surface area contributed by atoms with Crippen molar-refractivity contribution < 1.29 is 9.53 Å². The highest BCUT2D eigenvalue weighted by Gasteiger charge is 2.15. The number of benzene rings is 1. The number of pyridine rings is 2. The van der Waals surface area contributed by atoms with Gasteiger partial charge in [0.25, 0.3) is 0 Å². The molecule has 9 nitrogen and oxygen atoms in total. The van der Waals surface area contributed by atoms with Gasteiger partial charge in [-0.15, -0.1) is 0 Å². The Morgan fingerprint density at radius 2 is 2.00 bits per heavy atom. The lowest BCUT2D eigenvalue weighted by molar-refractivity contribution is 0.139. The lowest BCUT2D eigenvalue weighted by atomic mass is 10.1. The number of anilines is 1. The second-order valence-electron chi connectivity index (χ2n) is 7.69. The zero-order chi connectivity index (χ0) is 22.8. The molecule has 0 atom stereocenters. The molecule has 0 aliphatic carbocycles. The first-order valence-electron chi connectivity index (χ1n) is 10.5. The van der Waals surface area contributed by atoms with Crippen molar-refractivity contribution >= 4 is 34.0 Å². The lowest BCUT2D eigenvalue weighted by Gasteiger charge is -2.08. The number of nitrogens with zero attached hydrogens (tertiary/aromatic N) is 4. The molecule has 9 heteroatoms. The summed E-state index contributed by atoms with van der Waals surface area (Å²) in [6, 6.07) is 13.7. The number of aromatic amines is 1. The molecule has 4 aromatic heterocycles. The van der Waals surface area contributed by atoms with Crippen molar-refractivity contribution in [3.05, 3.63) is 72.3 Å². The van der Waals surface area contributed by atoms with Gasteiger partial charge in [0.15, 0.2) is 5.82 Å². The molecule has 166 valence electrons. The van der Waals surface area contributed by atoms with Crippen LogP contribution in [0.25, 0.3) is 33.3 Å². The molecule has 0 saturated heterocycles. The maximum atomic E-state index is 12.1. The standard InChI is InChI=1S/C24H23N7O2/c1-25-23-20-21(31(2)14-28-20)18-11-19(29-22(18)30-23)17-5-3-4-16(10-17)13-33-24(32)27-12-15-6-8-26-9-7-15/h3-11,14H,12-13H2,1-2H3,(H,27,32)(H2,25,29,30). The van der Waals surface area contributed by atoms with E-state index in [1.807, 2.05) is 55.1 Å². The number of aromatic nitrogens is 5. The van der Waals surface area contributed by atoms with Crippen LogP contribution in [0.3, 0.4) is 0 Å². The van der Waals surface area contributed by atoms with E-state index >= 15 is 0 Å². The molecule has 3 N–H and O–H groups in total. The third-order valence-corrected chi connectivity index (χ3v) is 5.47. The highest BCUT2D eigenvalue weighted by Crippen LogP contribution is 2.31.